The van der Waals surface area contributed by atoms with Crippen molar-refractivity contribution < 1.29 is 44.0 Å². The van der Waals surface area contributed by atoms with Gasteiger partial charge in [-0.25, -0.2) is 0 Å². The van der Waals surface area contributed by atoms with Gasteiger partial charge in [-0.05, 0) is 41.4 Å². The first-order valence-corrected chi connectivity index (χ1v) is 16.8. The van der Waals surface area contributed by atoms with Crippen LogP contribution in [0.15, 0.2) is 18.2 Å². The van der Waals surface area contributed by atoms with Gasteiger partial charge in [-0.3, -0.25) is 38.7 Å². The Bertz CT molecular complexity index is 1310. The third kappa shape index (κ3) is 11.5. The van der Waals surface area contributed by atoms with Crippen LogP contribution < -0.4 is 9.64 Å². The first-order chi connectivity index (χ1) is 22.4. The van der Waals surface area contributed by atoms with Gasteiger partial charge >= 0.3 is 23.9 Å². The van der Waals surface area contributed by atoms with E-state index in [-0.39, 0.29) is 63.9 Å². The van der Waals surface area contributed by atoms with E-state index in [9.17, 15) is 39.3 Å². The second-order valence-corrected chi connectivity index (χ2v) is 16.2. The Balaban J connectivity index is 2.82. The Morgan fingerprint density at radius 2 is 0.918 bits per heavy atom. The highest BCUT2D eigenvalue weighted by atomic mass is 16.5. The zero-order chi connectivity index (χ0) is 37.6. The summed E-state index contributed by atoms with van der Waals surface area (Å²) in [6, 6.07) is 1.99. The lowest BCUT2D eigenvalue weighted by Gasteiger charge is -2.44. The monoisotopic (exact) mass is 690 g/mol. The lowest BCUT2D eigenvalue weighted by Crippen LogP contribution is -2.59. The normalized spacial score (nSPS) is 18.8. The van der Waals surface area contributed by atoms with Crippen LogP contribution in [-0.4, -0.2) is 130 Å². The minimum atomic E-state index is -1.01. The number of ketones is 1. The first kappa shape index (κ1) is 41.6. The predicted octanol–water partition coefficient (Wildman–Crippen LogP) is 4.04. The maximum absolute atomic E-state index is 12.8. The number of esters is 1. The zero-order valence-electron chi connectivity index (χ0n) is 31.2. The van der Waals surface area contributed by atoms with Crippen molar-refractivity contribution in [2.75, 3.05) is 57.3 Å². The molecule has 3 atom stereocenters. The van der Waals surface area contributed by atoms with Crippen molar-refractivity contribution in [1.82, 2.24) is 14.7 Å². The number of anilines is 1. The van der Waals surface area contributed by atoms with Crippen LogP contribution in [-0.2, 0) is 19.2 Å². The molecule has 1 aliphatic rings. The molecule has 1 aliphatic heterocycles. The minimum Gasteiger partial charge on any atom is -0.480 e. The van der Waals surface area contributed by atoms with Gasteiger partial charge in [0, 0.05) is 64.8 Å². The molecule has 13 heteroatoms. The van der Waals surface area contributed by atoms with E-state index in [1.165, 1.54) is 13.8 Å². The van der Waals surface area contributed by atoms with Crippen LogP contribution in [0.1, 0.15) is 86.5 Å². The quantitative estimate of drug-likeness (QED) is 0.193. The third-order valence-corrected chi connectivity index (χ3v) is 8.88. The molecule has 0 aromatic heterocycles. The van der Waals surface area contributed by atoms with E-state index in [0.717, 1.165) is 0 Å². The number of nitrogens with zero attached hydrogens (tertiary/aromatic N) is 4. The van der Waals surface area contributed by atoms with E-state index in [2.05, 4.69) is 0 Å². The molecule has 0 amide bonds. The molecule has 13 nitrogen and oxygen atoms in total. The lowest BCUT2D eigenvalue weighted by atomic mass is 9.84. The summed E-state index contributed by atoms with van der Waals surface area (Å²) >= 11 is 0. The van der Waals surface area contributed by atoms with Crippen molar-refractivity contribution in [2.24, 2.45) is 16.2 Å². The highest BCUT2D eigenvalue weighted by Gasteiger charge is 2.42. The van der Waals surface area contributed by atoms with Crippen molar-refractivity contribution >= 4 is 35.3 Å². The number of carbonyl (C=O) groups is 5. The van der Waals surface area contributed by atoms with Gasteiger partial charge in [0.2, 0.25) is 0 Å². The van der Waals surface area contributed by atoms with Gasteiger partial charge in [0.05, 0.1) is 5.69 Å². The van der Waals surface area contributed by atoms with Crippen molar-refractivity contribution in [3.05, 3.63) is 23.8 Å². The molecule has 1 aromatic rings. The van der Waals surface area contributed by atoms with E-state index in [1.807, 2.05) is 81.9 Å². The van der Waals surface area contributed by atoms with E-state index >= 15 is 0 Å². The molecule has 1 fully saturated rings. The van der Waals surface area contributed by atoms with Gasteiger partial charge in [0.15, 0.2) is 11.5 Å². The van der Waals surface area contributed by atoms with Gasteiger partial charge < -0.3 is 25.0 Å². The third-order valence-electron chi connectivity index (χ3n) is 8.88. The number of carboxylic acid groups (broad SMARTS) is 3. The predicted molar refractivity (Wildman–Crippen MR) is 187 cm³/mol. The molecule has 0 aliphatic carbocycles. The molecule has 0 saturated carbocycles. The molecule has 0 bridgehead atoms. The van der Waals surface area contributed by atoms with Crippen LogP contribution in [0, 0.1) is 16.2 Å². The number of aliphatic carboxylic acids is 3. The average Bonchev–Trinajstić information content (AvgIpc) is 2.89. The summed E-state index contributed by atoms with van der Waals surface area (Å²) in [4.78, 5) is 70.4. The van der Waals surface area contributed by atoms with Crippen LogP contribution in [0.4, 0.5) is 5.69 Å². The molecule has 49 heavy (non-hydrogen) atoms. The van der Waals surface area contributed by atoms with Crippen molar-refractivity contribution in [1.29, 1.82) is 0 Å². The van der Waals surface area contributed by atoms with Crippen LogP contribution in [0.2, 0.25) is 0 Å². The van der Waals surface area contributed by atoms with Gasteiger partial charge in [0.25, 0.3) is 0 Å². The van der Waals surface area contributed by atoms with Gasteiger partial charge in [0.1, 0.15) is 18.1 Å². The topological polar surface area (TPSA) is 168 Å². The number of carbonyl (C=O) groups excluding carboxylic acids is 2. The fourth-order valence-electron chi connectivity index (χ4n) is 6.92. The molecule has 0 radical (unpaired) electrons. The second kappa shape index (κ2) is 16.4. The summed E-state index contributed by atoms with van der Waals surface area (Å²) in [7, 11) is 0. The summed E-state index contributed by atoms with van der Waals surface area (Å²) < 4.78 is 5.56. The standard InChI is InChI=1S/C36H58N4O9/c1-23(41)25-12-13-27(49-24(2)42)26(22-25)37-14-16-38(28(31(43)44)34(3,4)5)18-20-40(30(33(47)48)36(9,10)11)21-19-39(17-15-37)29(32(45)46)35(6,7)8/h12-13,22,28-30H,14-21H2,1-11H3,(H,43,44)(H,45,46)(H,47,48). The molecule has 1 aromatic carbocycles. The number of hydrogen-bond donors (Lipinski definition) is 3. The molecule has 1 heterocycles. The van der Waals surface area contributed by atoms with Gasteiger partial charge in [-0.1, -0.05) is 62.3 Å². The summed E-state index contributed by atoms with van der Waals surface area (Å²) in [5, 5.41) is 31.4. The highest BCUT2D eigenvalue weighted by Crippen LogP contribution is 2.33. The second-order valence-electron chi connectivity index (χ2n) is 16.2. The number of rotatable bonds is 9. The van der Waals surface area contributed by atoms with E-state index in [0.29, 0.717) is 11.3 Å². The fraction of sp³-hybridized carbons (Fsp3) is 0.694. The van der Waals surface area contributed by atoms with Crippen molar-refractivity contribution in [2.45, 2.75) is 94.3 Å². The first-order valence-electron chi connectivity index (χ1n) is 16.8. The summed E-state index contributed by atoms with van der Waals surface area (Å²) in [6.07, 6.45) is 0. The number of ether oxygens (including phenoxy) is 1. The molecule has 3 N–H and O–H groups in total. The SMILES string of the molecule is CC(=O)Oc1ccc(C(C)=O)cc1N1CCN(C(C(=O)O)C(C)(C)C)CCN(C(C(=O)O)C(C)(C)C)CCN(C(C(=O)O)C(C)(C)C)CC1. The van der Waals surface area contributed by atoms with Crippen LogP contribution >= 0.6 is 0 Å². The molecule has 276 valence electrons. The van der Waals surface area contributed by atoms with Crippen LogP contribution in [0.25, 0.3) is 0 Å². The fourth-order valence-corrected chi connectivity index (χ4v) is 6.92. The molecular formula is C36H58N4O9. The van der Waals surface area contributed by atoms with Crippen molar-refractivity contribution in [3.8, 4) is 5.75 Å². The van der Waals surface area contributed by atoms with Crippen LogP contribution in [0.3, 0.4) is 0 Å². The lowest BCUT2D eigenvalue weighted by molar-refractivity contribution is -0.152. The molecular weight excluding hydrogens is 632 g/mol. The number of benzene rings is 1. The Morgan fingerprint density at radius 1 is 0.592 bits per heavy atom. The van der Waals surface area contributed by atoms with E-state index < -0.39 is 58.2 Å². The molecule has 1 saturated heterocycles. The van der Waals surface area contributed by atoms with E-state index in [4.69, 9.17) is 4.74 Å². The maximum Gasteiger partial charge on any atom is 0.321 e. The molecule has 2 rings (SSSR count). The minimum absolute atomic E-state index is 0.197. The van der Waals surface area contributed by atoms with Gasteiger partial charge in [-0.2, -0.15) is 0 Å². The summed E-state index contributed by atoms with van der Waals surface area (Å²) in [5.41, 5.74) is -1.23. The Morgan fingerprint density at radius 3 is 1.18 bits per heavy atom. The zero-order valence-corrected chi connectivity index (χ0v) is 31.2. The van der Waals surface area contributed by atoms with Gasteiger partial charge in [-0.15, -0.1) is 0 Å². The number of carboxylic acids is 3. The Labute approximate surface area is 291 Å². The average molecular weight is 691 g/mol. The van der Waals surface area contributed by atoms with E-state index in [1.54, 1.807) is 18.2 Å². The largest absolute Gasteiger partial charge is 0.480 e. The van der Waals surface area contributed by atoms with Crippen molar-refractivity contribution in [3.63, 3.8) is 0 Å². The molecule has 3 unspecified atom stereocenters. The number of Topliss-reactive ketones (excluding diaryl/α,β-unsaturated/α-hetero) is 1. The number of hydrogen-bond acceptors (Lipinski definition) is 10. The van der Waals surface area contributed by atoms with Crippen LogP contribution in [0.5, 0.6) is 5.75 Å². The molecule has 0 spiro atoms. The summed E-state index contributed by atoms with van der Waals surface area (Å²) in [5.74, 6) is -3.56. The Hall–Kier alpha value is -3.55. The maximum atomic E-state index is 12.8. The summed E-state index contributed by atoms with van der Waals surface area (Å²) in [6.45, 7) is 21.1. The Kier molecular flexibility index (Phi) is 14.0. The smallest absolute Gasteiger partial charge is 0.321 e. The highest BCUT2D eigenvalue weighted by molar-refractivity contribution is 5.95.